The maximum atomic E-state index is 5.77. The lowest BCUT2D eigenvalue weighted by Gasteiger charge is -2.18. The van der Waals surface area contributed by atoms with Crippen LogP contribution < -0.4 is 5.32 Å². The van der Waals surface area contributed by atoms with Crippen LogP contribution in [0.15, 0.2) is 5.38 Å². The third kappa shape index (κ3) is 4.05. The zero-order valence-electron chi connectivity index (χ0n) is 11.5. The molecule has 0 amide bonds. The molecule has 0 aliphatic rings. The Balaban J connectivity index is 2.77. The number of aromatic nitrogens is 1. The van der Waals surface area contributed by atoms with Gasteiger partial charge in [-0.1, -0.05) is 20.8 Å². The molecular formula is C13H24N2OS. The van der Waals surface area contributed by atoms with Crippen molar-refractivity contribution in [1.82, 2.24) is 10.3 Å². The van der Waals surface area contributed by atoms with E-state index in [1.807, 2.05) is 6.92 Å². The van der Waals surface area contributed by atoms with Crippen molar-refractivity contribution in [2.45, 2.75) is 46.8 Å². The summed E-state index contributed by atoms with van der Waals surface area (Å²) in [5.74, 6) is 0.461. The van der Waals surface area contributed by atoms with Gasteiger partial charge in [0, 0.05) is 18.0 Å². The molecule has 0 fully saturated rings. The fourth-order valence-corrected chi connectivity index (χ4v) is 2.90. The van der Waals surface area contributed by atoms with Crippen LogP contribution in [0.3, 0.4) is 0 Å². The zero-order chi connectivity index (χ0) is 12.8. The van der Waals surface area contributed by atoms with Crippen LogP contribution in [0.4, 0.5) is 0 Å². The highest BCUT2D eigenvalue weighted by molar-refractivity contribution is 7.09. The number of nitrogens with one attached hydrogen (secondary N) is 1. The summed E-state index contributed by atoms with van der Waals surface area (Å²) in [6, 6.07) is 0.319. The summed E-state index contributed by atoms with van der Waals surface area (Å²) < 4.78 is 5.77. The van der Waals surface area contributed by atoms with Crippen molar-refractivity contribution in [3.8, 4) is 0 Å². The Morgan fingerprint density at radius 1 is 1.35 bits per heavy atom. The molecule has 98 valence electrons. The van der Waals surface area contributed by atoms with Gasteiger partial charge in [0.25, 0.3) is 0 Å². The topological polar surface area (TPSA) is 34.1 Å². The number of ether oxygens (including phenoxy) is 1. The second-order valence-corrected chi connectivity index (χ2v) is 5.40. The van der Waals surface area contributed by atoms with Crippen molar-refractivity contribution in [3.05, 3.63) is 16.1 Å². The molecule has 0 spiro atoms. The summed E-state index contributed by atoms with van der Waals surface area (Å²) in [4.78, 5) is 4.70. The molecule has 0 saturated heterocycles. The molecule has 1 rings (SSSR count). The number of hydrogen-bond donors (Lipinski definition) is 1. The second kappa shape index (κ2) is 7.09. The summed E-state index contributed by atoms with van der Waals surface area (Å²) in [7, 11) is 0. The van der Waals surface area contributed by atoms with Gasteiger partial charge < -0.3 is 10.1 Å². The fraction of sp³-hybridized carbons (Fsp3) is 0.769. The van der Waals surface area contributed by atoms with Gasteiger partial charge in [-0.25, -0.2) is 4.98 Å². The largest absolute Gasteiger partial charge is 0.371 e. The Bertz CT molecular complexity index is 325. The lowest BCUT2D eigenvalue weighted by atomic mass is 10.1. The summed E-state index contributed by atoms with van der Waals surface area (Å²) in [5.41, 5.74) is 1.12. The van der Waals surface area contributed by atoms with Crippen LogP contribution in [0.25, 0.3) is 0 Å². The molecule has 1 aromatic rings. The smallest absolute Gasteiger partial charge is 0.122 e. The van der Waals surface area contributed by atoms with E-state index in [1.165, 1.54) is 0 Å². The first-order valence-electron chi connectivity index (χ1n) is 6.40. The monoisotopic (exact) mass is 256 g/mol. The van der Waals surface area contributed by atoms with Gasteiger partial charge in [-0.2, -0.15) is 0 Å². The Hall–Kier alpha value is -0.450. The Morgan fingerprint density at radius 3 is 2.59 bits per heavy atom. The van der Waals surface area contributed by atoms with Crippen molar-refractivity contribution in [1.29, 1.82) is 0 Å². The van der Waals surface area contributed by atoms with Gasteiger partial charge in [-0.15, -0.1) is 11.3 Å². The summed E-state index contributed by atoms with van der Waals surface area (Å²) in [6.07, 6.45) is 0.132. The number of nitrogens with zero attached hydrogens (tertiary/aromatic N) is 1. The summed E-state index contributed by atoms with van der Waals surface area (Å²) >= 11 is 1.70. The molecule has 0 aliphatic carbocycles. The normalized spacial score (nSPS) is 15.2. The average Bonchev–Trinajstić information content (AvgIpc) is 2.74. The Labute approximate surface area is 109 Å². The molecule has 0 bridgehead atoms. The molecule has 0 aliphatic heterocycles. The molecule has 4 heteroatoms. The van der Waals surface area contributed by atoms with Crippen molar-refractivity contribution in [2.75, 3.05) is 13.2 Å². The highest BCUT2D eigenvalue weighted by Crippen LogP contribution is 2.29. The molecule has 2 atom stereocenters. The minimum atomic E-state index is 0.132. The molecule has 0 radical (unpaired) electrons. The van der Waals surface area contributed by atoms with E-state index < -0.39 is 0 Å². The quantitative estimate of drug-likeness (QED) is 0.810. The highest BCUT2D eigenvalue weighted by atomic mass is 32.1. The number of hydrogen-bond acceptors (Lipinski definition) is 4. The van der Waals surface area contributed by atoms with Gasteiger partial charge in [0.1, 0.15) is 11.1 Å². The van der Waals surface area contributed by atoms with E-state index >= 15 is 0 Å². The maximum Gasteiger partial charge on any atom is 0.122 e. The van der Waals surface area contributed by atoms with Crippen LogP contribution in [0.5, 0.6) is 0 Å². The van der Waals surface area contributed by atoms with Crippen molar-refractivity contribution in [3.63, 3.8) is 0 Å². The van der Waals surface area contributed by atoms with Gasteiger partial charge in [-0.3, -0.25) is 0 Å². The van der Waals surface area contributed by atoms with Crippen LogP contribution in [-0.4, -0.2) is 18.1 Å². The van der Waals surface area contributed by atoms with Crippen LogP contribution in [0.2, 0.25) is 0 Å². The fourth-order valence-electron chi connectivity index (χ4n) is 1.77. The van der Waals surface area contributed by atoms with E-state index in [0.717, 1.165) is 23.9 Å². The minimum absolute atomic E-state index is 0.132. The molecule has 1 aromatic heterocycles. The van der Waals surface area contributed by atoms with Gasteiger partial charge >= 0.3 is 0 Å². The van der Waals surface area contributed by atoms with Crippen LogP contribution >= 0.6 is 11.3 Å². The molecule has 0 saturated carbocycles. The van der Waals surface area contributed by atoms with Gasteiger partial charge in [0.05, 0.1) is 5.69 Å². The Morgan fingerprint density at radius 2 is 2.06 bits per heavy atom. The number of rotatable bonds is 7. The summed E-state index contributed by atoms with van der Waals surface area (Å²) in [5, 5.41) is 6.61. The predicted molar refractivity (Wildman–Crippen MR) is 73.4 cm³/mol. The van der Waals surface area contributed by atoms with Crippen molar-refractivity contribution in [2.24, 2.45) is 5.92 Å². The van der Waals surface area contributed by atoms with Gasteiger partial charge in [-0.05, 0) is 26.3 Å². The standard InChI is InChI=1S/C13H24N2OS/c1-6-14-10(5)11-8-17-13(15-11)12(9(3)4)16-7-2/h8-10,12,14H,6-7H2,1-5H3. The van der Waals surface area contributed by atoms with E-state index in [2.05, 4.69) is 38.4 Å². The van der Waals surface area contributed by atoms with Crippen molar-refractivity contribution >= 4 is 11.3 Å². The average molecular weight is 256 g/mol. The summed E-state index contributed by atoms with van der Waals surface area (Å²) in [6.45, 7) is 12.3. The van der Waals surface area contributed by atoms with Gasteiger partial charge in [0.15, 0.2) is 0 Å². The minimum Gasteiger partial charge on any atom is -0.371 e. The predicted octanol–water partition coefficient (Wildman–Crippen LogP) is 3.55. The molecule has 2 unspecified atom stereocenters. The molecular weight excluding hydrogens is 232 g/mol. The van der Waals surface area contributed by atoms with E-state index in [1.54, 1.807) is 11.3 Å². The van der Waals surface area contributed by atoms with E-state index in [0.29, 0.717) is 12.0 Å². The molecule has 3 nitrogen and oxygen atoms in total. The third-order valence-electron chi connectivity index (χ3n) is 2.69. The SMILES string of the molecule is CCNC(C)c1csc(C(OCC)C(C)C)n1. The first kappa shape index (κ1) is 14.6. The van der Waals surface area contributed by atoms with Crippen LogP contribution in [0, 0.1) is 5.92 Å². The maximum absolute atomic E-state index is 5.77. The molecule has 1 heterocycles. The Kier molecular flexibility index (Phi) is 6.09. The first-order chi connectivity index (χ1) is 8.10. The number of thiazole rings is 1. The van der Waals surface area contributed by atoms with Crippen LogP contribution in [-0.2, 0) is 4.74 Å². The second-order valence-electron chi connectivity index (χ2n) is 4.51. The van der Waals surface area contributed by atoms with Crippen LogP contribution in [0.1, 0.15) is 57.5 Å². The highest BCUT2D eigenvalue weighted by Gasteiger charge is 2.20. The molecule has 1 N–H and O–H groups in total. The lowest BCUT2D eigenvalue weighted by Crippen LogP contribution is -2.18. The van der Waals surface area contributed by atoms with E-state index in [9.17, 15) is 0 Å². The van der Waals surface area contributed by atoms with E-state index in [-0.39, 0.29) is 6.10 Å². The van der Waals surface area contributed by atoms with E-state index in [4.69, 9.17) is 9.72 Å². The first-order valence-corrected chi connectivity index (χ1v) is 7.28. The van der Waals surface area contributed by atoms with Gasteiger partial charge in [0.2, 0.25) is 0 Å². The molecule has 0 aromatic carbocycles. The lowest BCUT2D eigenvalue weighted by molar-refractivity contribution is 0.0291. The molecule has 17 heavy (non-hydrogen) atoms. The third-order valence-corrected chi connectivity index (χ3v) is 3.61. The zero-order valence-corrected chi connectivity index (χ0v) is 12.3. The van der Waals surface area contributed by atoms with Crippen molar-refractivity contribution < 1.29 is 4.74 Å².